The van der Waals surface area contributed by atoms with E-state index in [1.165, 1.54) is 10.6 Å². The van der Waals surface area contributed by atoms with E-state index in [0.29, 0.717) is 0 Å². The van der Waals surface area contributed by atoms with Crippen molar-refractivity contribution in [2.24, 2.45) is 0 Å². The van der Waals surface area contributed by atoms with Gasteiger partial charge in [0.15, 0.2) is 0 Å². The van der Waals surface area contributed by atoms with E-state index in [4.69, 9.17) is 0 Å². The van der Waals surface area contributed by atoms with E-state index in [9.17, 15) is 0 Å². The molecule has 0 atom stereocenters. The fraction of sp³-hybridized carbons (Fsp3) is 0.111. The molecule has 0 spiro atoms. The number of fused-ring (bicyclic) bond motifs is 1. The van der Waals surface area contributed by atoms with Crippen molar-refractivity contribution >= 4 is 11.8 Å². The lowest BCUT2D eigenvalue weighted by atomic mass is 10.1. The van der Waals surface area contributed by atoms with Gasteiger partial charge in [-0.05, 0) is 29.6 Å². The molecule has 0 unspecified atom stereocenters. The van der Waals surface area contributed by atoms with Crippen molar-refractivity contribution in [3.05, 3.63) is 46.6 Å². The van der Waals surface area contributed by atoms with Crippen LogP contribution in [0.5, 0.6) is 0 Å². The van der Waals surface area contributed by atoms with E-state index in [1.54, 1.807) is 11.8 Å². The van der Waals surface area contributed by atoms with Crippen LogP contribution in [0.25, 0.3) is 0 Å². The average Bonchev–Trinajstić information content (AvgIpc) is 2.36. The minimum Gasteiger partial charge on any atom is -0.317 e. The van der Waals surface area contributed by atoms with Gasteiger partial charge in [-0.15, -0.1) is 0 Å². The average molecular weight is 163 g/mol. The standard InChI is InChI=1S/C9H9NS/c1-7-5-9-10(3-4-11-9)6-8(7)2/h3-6H,1H2,2H3. The van der Waals surface area contributed by atoms with Crippen LogP contribution >= 0.6 is 11.8 Å². The van der Waals surface area contributed by atoms with Crippen molar-refractivity contribution in [3.63, 3.8) is 0 Å². The Hall–Kier alpha value is -0.890. The number of thioether (sulfide) groups is 1. The van der Waals surface area contributed by atoms with Gasteiger partial charge in [-0.1, -0.05) is 18.3 Å². The van der Waals surface area contributed by atoms with Gasteiger partial charge in [-0.25, -0.2) is 0 Å². The topological polar surface area (TPSA) is 3.24 Å². The highest BCUT2D eigenvalue weighted by Gasteiger charge is 2.15. The SMILES string of the molecule is C=C1C=C2SC=CN2C=C1C. The Morgan fingerprint density at radius 2 is 2.36 bits per heavy atom. The summed E-state index contributed by atoms with van der Waals surface area (Å²) in [6, 6.07) is 0. The first-order chi connectivity index (χ1) is 5.27. The van der Waals surface area contributed by atoms with E-state index in [2.05, 4.69) is 42.3 Å². The number of nitrogens with zero attached hydrogens (tertiary/aromatic N) is 1. The van der Waals surface area contributed by atoms with Gasteiger partial charge in [0, 0.05) is 12.4 Å². The van der Waals surface area contributed by atoms with Gasteiger partial charge in [0.05, 0.1) is 5.03 Å². The van der Waals surface area contributed by atoms with Gasteiger partial charge in [0.2, 0.25) is 0 Å². The summed E-state index contributed by atoms with van der Waals surface area (Å²) in [7, 11) is 0. The van der Waals surface area contributed by atoms with E-state index < -0.39 is 0 Å². The van der Waals surface area contributed by atoms with Crippen molar-refractivity contribution in [3.8, 4) is 0 Å². The molecule has 0 saturated carbocycles. The highest BCUT2D eigenvalue weighted by Crippen LogP contribution is 2.34. The monoisotopic (exact) mass is 163 g/mol. The van der Waals surface area contributed by atoms with Crippen LogP contribution in [-0.2, 0) is 0 Å². The van der Waals surface area contributed by atoms with Crippen molar-refractivity contribution < 1.29 is 0 Å². The van der Waals surface area contributed by atoms with E-state index in [0.717, 1.165) is 5.57 Å². The lowest BCUT2D eigenvalue weighted by Crippen LogP contribution is -2.07. The van der Waals surface area contributed by atoms with Crippen molar-refractivity contribution in [2.45, 2.75) is 6.92 Å². The van der Waals surface area contributed by atoms with Gasteiger partial charge < -0.3 is 4.90 Å². The molecule has 0 aromatic rings. The second kappa shape index (κ2) is 2.31. The predicted molar refractivity (Wildman–Crippen MR) is 49.6 cm³/mol. The molecule has 2 rings (SSSR count). The molecule has 2 heterocycles. The lowest BCUT2D eigenvalue weighted by Gasteiger charge is -2.19. The summed E-state index contributed by atoms with van der Waals surface area (Å²) < 4.78 is 0. The molecule has 0 fully saturated rings. The third-order valence-electron chi connectivity index (χ3n) is 1.80. The highest BCUT2D eigenvalue weighted by molar-refractivity contribution is 8.06. The first kappa shape index (κ1) is 6.80. The van der Waals surface area contributed by atoms with Gasteiger partial charge in [-0.3, -0.25) is 0 Å². The molecule has 0 N–H and O–H groups in total. The van der Waals surface area contributed by atoms with Crippen LogP contribution in [0.1, 0.15) is 6.92 Å². The maximum Gasteiger partial charge on any atom is 0.0837 e. The first-order valence-corrected chi connectivity index (χ1v) is 4.36. The molecule has 2 aliphatic rings. The lowest BCUT2D eigenvalue weighted by molar-refractivity contribution is 0.671. The molecular weight excluding hydrogens is 154 g/mol. The second-order valence-corrected chi connectivity index (χ2v) is 3.56. The Kier molecular flexibility index (Phi) is 1.43. The third-order valence-corrected chi connectivity index (χ3v) is 2.63. The smallest absolute Gasteiger partial charge is 0.0837 e. The normalized spacial score (nSPS) is 21.5. The highest BCUT2D eigenvalue weighted by atomic mass is 32.2. The molecule has 0 aromatic carbocycles. The zero-order chi connectivity index (χ0) is 7.84. The molecule has 2 aliphatic heterocycles. The largest absolute Gasteiger partial charge is 0.317 e. The maximum atomic E-state index is 3.94. The van der Waals surface area contributed by atoms with Crippen LogP contribution in [0.2, 0.25) is 0 Å². The summed E-state index contributed by atoms with van der Waals surface area (Å²) in [5.74, 6) is 0. The summed E-state index contributed by atoms with van der Waals surface area (Å²) in [6.45, 7) is 6.02. The van der Waals surface area contributed by atoms with E-state index in [-0.39, 0.29) is 0 Å². The van der Waals surface area contributed by atoms with Crippen molar-refractivity contribution in [1.29, 1.82) is 0 Å². The second-order valence-electron chi connectivity index (χ2n) is 2.63. The zero-order valence-electron chi connectivity index (χ0n) is 6.37. The molecule has 1 nitrogen and oxygen atoms in total. The number of allylic oxidation sites excluding steroid dienone is 3. The third kappa shape index (κ3) is 1.03. The molecule has 0 aromatic heterocycles. The summed E-state index contributed by atoms with van der Waals surface area (Å²) in [5.41, 5.74) is 2.35. The van der Waals surface area contributed by atoms with Gasteiger partial charge in [0.25, 0.3) is 0 Å². The fourth-order valence-corrected chi connectivity index (χ4v) is 1.85. The Labute approximate surface area is 70.8 Å². The molecule has 0 radical (unpaired) electrons. The first-order valence-electron chi connectivity index (χ1n) is 3.48. The maximum absolute atomic E-state index is 3.94. The van der Waals surface area contributed by atoms with Crippen LogP contribution in [0.3, 0.4) is 0 Å². The molecule has 0 saturated heterocycles. The molecule has 0 amide bonds. The molecule has 56 valence electrons. The van der Waals surface area contributed by atoms with Gasteiger partial charge >= 0.3 is 0 Å². The fourth-order valence-electron chi connectivity index (χ4n) is 1.07. The summed E-state index contributed by atoms with van der Waals surface area (Å²) in [4.78, 5) is 2.12. The Morgan fingerprint density at radius 1 is 1.55 bits per heavy atom. The zero-order valence-corrected chi connectivity index (χ0v) is 7.19. The minimum atomic E-state index is 1.12. The minimum absolute atomic E-state index is 1.12. The molecule has 11 heavy (non-hydrogen) atoms. The van der Waals surface area contributed by atoms with Crippen molar-refractivity contribution in [1.82, 2.24) is 4.90 Å². The van der Waals surface area contributed by atoms with Crippen LogP contribution in [0, 0.1) is 0 Å². The van der Waals surface area contributed by atoms with E-state index >= 15 is 0 Å². The quantitative estimate of drug-likeness (QED) is 0.540. The van der Waals surface area contributed by atoms with Crippen LogP contribution < -0.4 is 0 Å². The predicted octanol–water partition coefficient (Wildman–Crippen LogP) is 2.82. The molecule has 0 aliphatic carbocycles. The summed E-state index contributed by atoms with van der Waals surface area (Å²) in [6.07, 6.45) is 6.28. The summed E-state index contributed by atoms with van der Waals surface area (Å²) in [5, 5.41) is 3.33. The van der Waals surface area contributed by atoms with Crippen LogP contribution in [-0.4, -0.2) is 4.90 Å². The van der Waals surface area contributed by atoms with Crippen molar-refractivity contribution in [2.75, 3.05) is 0 Å². The van der Waals surface area contributed by atoms with E-state index in [1.807, 2.05) is 0 Å². The summed E-state index contributed by atoms with van der Waals surface area (Å²) >= 11 is 1.73. The molecule has 2 heteroatoms. The van der Waals surface area contributed by atoms with Crippen LogP contribution in [0.4, 0.5) is 0 Å². The molecular formula is C9H9NS. The molecule has 0 bridgehead atoms. The number of rotatable bonds is 0. The Bertz CT molecular complexity index is 297. The number of hydrogen-bond acceptors (Lipinski definition) is 2. The Balaban J connectivity index is 2.39. The van der Waals surface area contributed by atoms with Crippen LogP contribution in [0.15, 0.2) is 46.6 Å². The van der Waals surface area contributed by atoms with Gasteiger partial charge in [0.1, 0.15) is 0 Å². The number of hydrogen-bond donors (Lipinski definition) is 0. The van der Waals surface area contributed by atoms with Gasteiger partial charge in [-0.2, -0.15) is 0 Å². The Morgan fingerprint density at radius 3 is 3.18 bits per heavy atom.